The van der Waals surface area contributed by atoms with Crippen molar-refractivity contribution in [1.29, 1.82) is 0 Å². The van der Waals surface area contributed by atoms with Gasteiger partial charge in [-0.3, -0.25) is 4.79 Å². The number of rotatable bonds is 7. The van der Waals surface area contributed by atoms with E-state index in [4.69, 9.17) is 14.2 Å². The molecular weight excluding hydrogens is 384 g/mol. The molecule has 0 fully saturated rings. The first-order valence-corrected chi connectivity index (χ1v) is 10.0. The van der Waals surface area contributed by atoms with Crippen LogP contribution in [0, 0.1) is 0 Å². The SMILES string of the molecule is COc1cc(CNS(=O)(=O)c2ccc3c(c2)[C@H](C)C(=O)N3)cc(OC)c1OC. The monoisotopic (exact) mass is 406 g/mol. The van der Waals surface area contributed by atoms with Crippen LogP contribution in [-0.4, -0.2) is 35.7 Å². The van der Waals surface area contributed by atoms with E-state index < -0.39 is 10.0 Å². The molecule has 1 aliphatic rings. The zero-order chi connectivity index (χ0) is 20.5. The van der Waals surface area contributed by atoms with Crippen LogP contribution in [0.4, 0.5) is 5.69 Å². The number of ether oxygens (including phenoxy) is 3. The predicted molar refractivity (Wildman–Crippen MR) is 104 cm³/mol. The molecule has 0 saturated carbocycles. The zero-order valence-corrected chi connectivity index (χ0v) is 16.8. The van der Waals surface area contributed by atoms with Gasteiger partial charge >= 0.3 is 0 Å². The molecule has 150 valence electrons. The average molecular weight is 406 g/mol. The Morgan fingerprint density at radius 3 is 2.25 bits per heavy atom. The number of carbonyl (C=O) groups is 1. The van der Waals surface area contributed by atoms with Gasteiger partial charge in [0.1, 0.15) is 0 Å². The highest BCUT2D eigenvalue weighted by Crippen LogP contribution is 2.38. The molecule has 3 rings (SSSR count). The minimum Gasteiger partial charge on any atom is -0.493 e. The van der Waals surface area contributed by atoms with Crippen LogP contribution in [0.3, 0.4) is 0 Å². The van der Waals surface area contributed by atoms with Crippen LogP contribution in [0.5, 0.6) is 17.2 Å². The summed E-state index contributed by atoms with van der Waals surface area (Å²) in [5.74, 6) is 0.774. The summed E-state index contributed by atoms with van der Waals surface area (Å²) in [5.41, 5.74) is 1.95. The van der Waals surface area contributed by atoms with Gasteiger partial charge in [-0.25, -0.2) is 13.1 Å². The Kier molecular flexibility index (Phi) is 5.48. The molecule has 0 aliphatic carbocycles. The number of fused-ring (bicyclic) bond motifs is 1. The fourth-order valence-corrected chi connectivity index (χ4v) is 4.11. The molecule has 28 heavy (non-hydrogen) atoms. The lowest BCUT2D eigenvalue weighted by Crippen LogP contribution is -2.23. The van der Waals surface area contributed by atoms with Crippen molar-refractivity contribution in [3.8, 4) is 17.2 Å². The van der Waals surface area contributed by atoms with Gasteiger partial charge in [-0.2, -0.15) is 0 Å². The van der Waals surface area contributed by atoms with Gasteiger partial charge in [0.15, 0.2) is 11.5 Å². The van der Waals surface area contributed by atoms with Crippen molar-refractivity contribution < 1.29 is 27.4 Å². The molecule has 0 unspecified atom stereocenters. The second kappa shape index (κ2) is 7.69. The first-order chi connectivity index (χ1) is 13.3. The third kappa shape index (κ3) is 3.63. The van der Waals surface area contributed by atoms with Crippen molar-refractivity contribution in [2.45, 2.75) is 24.3 Å². The van der Waals surface area contributed by atoms with Crippen LogP contribution >= 0.6 is 0 Å². The standard InChI is InChI=1S/C19H22N2O6S/c1-11-14-9-13(5-6-15(14)21-19(11)22)28(23,24)20-10-12-7-16(25-2)18(27-4)17(8-12)26-3/h5-9,11,20H,10H2,1-4H3,(H,21,22)/t11-/m0/s1. The number of amides is 1. The molecule has 1 aliphatic heterocycles. The Morgan fingerprint density at radius 2 is 1.68 bits per heavy atom. The number of methoxy groups -OCH3 is 3. The summed E-state index contributed by atoms with van der Waals surface area (Å²) in [5, 5.41) is 2.73. The molecule has 8 nitrogen and oxygen atoms in total. The summed E-state index contributed by atoms with van der Waals surface area (Å²) in [6, 6.07) is 7.95. The minimum absolute atomic E-state index is 0.0306. The van der Waals surface area contributed by atoms with Gasteiger partial charge < -0.3 is 19.5 Å². The zero-order valence-electron chi connectivity index (χ0n) is 16.0. The van der Waals surface area contributed by atoms with E-state index in [0.29, 0.717) is 34.1 Å². The molecule has 0 bridgehead atoms. The number of hydrogen-bond acceptors (Lipinski definition) is 6. The van der Waals surface area contributed by atoms with E-state index in [9.17, 15) is 13.2 Å². The van der Waals surface area contributed by atoms with E-state index in [-0.39, 0.29) is 23.3 Å². The lowest BCUT2D eigenvalue weighted by atomic mass is 10.0. The Balaban J connectivity index is 1.84. The van der Waals surface area contributed by atoms with Crippen molar-refractivity contribution in [1.82, 2.24) is 4.72 Å². The van der Waals surface area contributed by atoms with Crippen molar-refractivity contribution in [3.05, 3.63) is 41.5 Å². The van der Waals surface area contributed by atoms with Gasteiger partial charge in [-0.05, 0) is 48.4 Å². The molecule has 1 heterocycles. The van der Waals surface area contributed by atoms with Crippen molar-refractivity contribution in [2.24, 2.45) is 0 Å². The van der Waals surface area contributed by atoms with E-state index in [2.05, 4.69) is 10.0 Å². The van der Waals surface area contributed by atoms with Gasteiger partial charge in [-0.15, -0.1) is 0 Å². The first-order valence-electron chi connectivity index (χ1n) is 8.54. The number of benzene rings is 2. The fraction of sp³-hybridized carbons (Fsp3) is 0.316. The van der Waals surface area contributed by atoms with Gasteiger partial charge in [0, 0.05) is 12.2 Å². The second-order valence-corrected chi connectivity index (χ2v) is 8.09. The van der Waals surface area contributed by atoms with E-state index in [1.54, 1.807) is 25.1 Å². The maximum Gasteiger partial charge on any atom is 0.240 e. The van der Waals surface area contributed by atoms with E-state index in [1.165, 1.54) is 33.5 Å². The second-order valence-electron chi connectivity index (χ2n) is 6.32. The minimum atomic E-state index is -3.78. The van der Waals surface area contributed by atoms with E-state index in [0.717, 1.165) is 0 Å². The van der Waals surface area contributed by atoms with Crippen LogP contribution in [0.2, 0.25) is 0 Å². The summed E-state index contributed by atoms with van der Waals surface area (Å²) >= 11 is 0. The van der Waals surface area contributed by atoms with Crippen LogP contribution < -0.4 is 24.2 Å². The van der Waals surface area contributed by atoms with Crippen LogP contribution in [0.15, 0.2) is 35.2 Å². The van der Waals surface area contributed by atoms with Gasteiger partial charge in [0.25, 0.3) is 0 Å². The molecule has 2 aromatic carbocycles. The normalized spacial score (nSPS) is 15.7. The van der Waals surface area contributed by atoms with E-state index in [1.807, 2.05) is 0 Å². The summed E-state index contributed by atoms with van der Waals surface area (Å²) in [7, 11) is 0.704. The molecule has 2 N–H and O–H groups in total. The highest BCUT2D eigenvalue weighted by Gasteiger charge is 2.28. The molecule has 0 aromatic heterocycles. The smallest absolute Gasteiger partial charge is 0.240 e. The topological polar surface area (TPSA) is 103 Å². The summed E-state index contributed by atoms with van der Waals surface area (Å²) in [4.78, 5) is 11.9. The van der Waals surface area contributed by atoms with Crippen molar-refractivity contribution in [2.75, 3.05) is 26.6 Å². The maximum absolute atomic E-state index is 12.7. The van der Waals surface area contributed by atoms with Crippen LogP contribution in [0.1, 0.15) is 24.0 Å². The summed E-state index contributed by atoms with van der Waals surface area (Å²) in [6.45, 7) is 1.77. The summed E-state index contributed by atoms with van der Waals surface area (Å²) in [6.07, 6.45) is 0. The van der Waals surface area contributed by atoms with Gasteiger partial charge in [0.2, 0.25) is 21.7 Å². The van der Waals surface area contributed by atoms with Crippen molar-refractivity contribution >= 4 is 21.6 Å². The molecule has 1 atom stereocenters. The van der Waals surface area contributed by atoms with Gasteiger partial charge in [0.05, 0.1) is 32.1 Å². The Bertz CT molecular complexity index is 994. The number of carbonyl (C=O) groups excluding carboxylic acids is 1. The molecule has 2 aromatic rings. The summed E-state index contributed by atoms with van der Waals surface area (Å²) < 4.78 is 43.8. The Morgan fingerprint density at radius 1 is 1.04 bits per heavy atom. The molecule has 1 amide bonds. The lowest BCUT2D eigenvalue weighted by molar-refractivity contribution is -0.116. The van der Waals surface area contributed by atoms with Crippen LogP contribution in [0.25, 0.3) is 0 Å². The molecule has 0 saturated heterocycles. The third-order valence-electron chi connectivity index (χ3n) is 4.64. The van der Waals surface area contributed by atoms with Crippen LogP contribution in [-0.2, 0) is 21.4 Å². The number of anilines is 1. The predicted octanol–water partition coefficient (Wildman–Crippen LogP) is 2.25. The number of sulfonamides is 1. The molecule has 0 spiro atoms. The number of hydrogen-bond donors (Lipinski definition) is 2. The third-order valence-corrected chi connectivity index (χ3v) is 6.04. The number of nitrogens with one attached hydrogen (secondary N) is 2. The molecule has 9 heteroatoms. The van der Waals surface area contributed by atoms with Gasteiger partial charge in [-0.1, -0.05) is 0 Å². The van der Waals surface area contributed by atoms with E-state index >= 15 is 0 Å². The lowest BCUT2D eigenvalue weighted by Gasteiger charge is -2.15. The maximum atomic E-state index is 12.7. The molecule has 0 radical (unpaired) electrons. The molecular formula is C19H22N2O6S. The highest BCUT2D eigenvalue weighted by atomic mass is 32.2. The average Bonchev–Trinajstić information content (AvgIpc) is 2.98. The fourth-order valence-electron chi connectivity index (χ4n) is 3.06. The Labute approximate surface area is 163 Å². The Hall–Kier alpha value is -2.78. The highest BCUT2D eigenvalue weighted by molar-refractivity contribution is 7.89. The largest absolute Gasteiger partial charge is 0.493 e. The van der Waals surface area contributed by atoms with Crippen molar-refractivity contribution in [3.63, 3.8) is 0 Å². The first kappa shape index (κ1) is 20.0. The quantitative estimate of drug-likeness (QED) is 0.731.